The predicted molar refractivity (Wildman–Crippen MR) is 85.3 cm³/mol. The van der Waals surface area contributed by atoms with Gasteiger partial charge < -0.3 is 5.11 Å². The molecule has 0 radical (unpaired) electrons. The molecule has 0 heterocycles. The third-order valence-corrected chi connectivity index (χ3v) is 5.40. The smallest absolute Gasteiger partial charge is 0.332 e. The summed E-state index contributed by atoms with van der Waals surface area (Å²) in [5.74, 6) is -1.53. The molecule has 0 bridgehead atoms. The average Bonchev–Trinajstić information content (AvgIpc) is 2.46. The Balaban J connectivity index is 2.95. The third-order valence-electron chi connectivity index (χ3n) is 3.91. The lowest BCUT2D eigenvalue weighted by Crippen LogP contribution is -2.43. The van der Waals surface area contributed by atoms with Crippen LogP contribution in [0.15, 0.2) is 30.3 Å². The maximum Gasteiger partial charge on any atom is 0.332 e. The van der Waals surface area contributed by atoms with Gasteiger partial charge in [-0.05, 0) is 12.0 Å². The first-order valence-corrected chi connectivity index (χ1v) is 9.06. The van der Waals surface area contributed by atoms with Crippen LogP contribution in [0.1, 0.15) is 57.4 Å². The van der Waals surface area contributed by atoms with Crippen LogP contribution < -0.4 is 0 Å². The van der Waals surface area contributed by atoms with Gasteiger partial charge >= 0.3 is 5.97 Å². The summed E-state index contributed by atoms with van der Waals surface area (Å²) in [7, 11) is -4.78. The Morgan fingerprint density at radius 3 is 2.09 bits per heavy atom. The first kappa shape index (κ1) is 18.6. The quantitative estimate of drug-likeness (QED) is 0.506. The zero-order valence-electron chi connectivity index (χ0n) is 12.9. The molecule has 1 aromatic carbocycles. The number of hydrogen-bond donors (Lipinski definition) is 2. The standard InChI is InChI=1S/C16H24O5S/c1-2-3-4-5-6-10-13-16(15(17)18,22(19,20)21)14-11-8-7-9-12-14/h7-9,11-12H,2-6,10,13H2,1H3,(H,17,18)(H,19,20,21). The molecule has 6 heteroatoms. The summed E-state index contributed by atoms with van der Waals surface area (Å²) in [4.78, 5) is 11.7. The SMILES string of the molecule is CCCCCCCCC(C(=O)O)(c1ccccc1)S(=O)(=O)O. The maximum absolute atomic E-state index is 11.8. The summed E-state index contributed by atoms with van der Waals surface area (Å²) in [5.41, 5.74) is 0.0959. The van der Waals surface area contributed by atoms with Gasteiger partial charge in [0.05, 0.1) is 0 Å². The van der Waals surface area contributed by atoms with E-state index in [9.17, 15) is 22.9 Å². The van der Waals surface area contributed by atoms with Crippen LogP contribution in [0.3, 0.4) is 0 Å². The number of aliphatic carboxylic acids is 1. The topological polar surface area (TPSA) is 91.7 Å². The lowest BCUT2D eigenvalue weighted by atomic mass is 9.92. The molecule has 0 saturated carbocycles. The van der Waals surface area contributed by atoms with Crippen molar-refractivity contribution in [3.63, 3.8) is 0 Å². The molecule has 1 aromatic rings. The molecule has 0 aliphatic rings. The van der Waals surface area contributed by atoms with Crippen LogP contribution in [-0.4, -0.2) is 24.0 Å². The Kier molecular flexibility index (Phi) is 7.03. The minimum absolute atomic E-state index is 0.0959. The molecule has 0 aromatic heterocycles. The number of carboxylic acids is 1. The number of benzene rings is 1. The summed E-state index contributed by atoms with van der Waals surface area (Å²) in [6.07, 6.45) is 5.26. The number of carbonyl (C=O) groups is 1. The predicted octanol–water partition coefficient (Wildman–Crippen LogP) is 3.60. The van der Waals surface area contributed by atoms with Crippen molar-refractivity contribution in [2.45, 2.75) is 56.6 Å². The monoisotopic (exact) mass is 328 g/mol. The van der Waals surface area contributed by atoms with E-state index < -0.39 is 20.8 Å². The van der Waals surface area contributed by atoms with Crippen molar-refractivity contribution in [3.05, 3.63) is 35.9 Å². The highest BCUT2D eigenvalue weighted by Crippen LogP contribution is 2.36. The van der Waals surface area contributed by atoms with E-state index in [2.05, 4.69) is 6.92 Å². The molecule has 124 valence electrons. The van der Waals surface area contributed by atoms with Gasteiger partial charge in [-0.25, -0.2) is 0 Å². The minimum atomic E-state index is -4.78. The average molecular weight is 328 g/mol. The summed E-state index contributed by atoms with van der Waals surface area (Å²) in [6.45, 7) is 2.10. The van der Waals surface area contributed by atoms with Crippen molar-refractivity contribution in [1.82, 2.24) is 0 Å². The highest BCUT2D eigenvalue weighted by atomic mass is 32.2. The second-order valence-corrected chi connectivity index (χ2v) is 7.14. The summed E-state index contributed by atoms with van der Waals surface area (Å²) >= 11 is 0. The van der Waals surface area contributed by atoms with Gasteiger partial charge in [0.15, 0.2) is 0 Å². The van der Waals surface area contributed by atoms with Crippen molar-refractivity contribution < 1.29 is 22.9 Å². The van der Waals surface area contributed by atoms with Gasteiger partial charge in [-0.2, -0.15) is 8.42 Å². The highest BCUT2D eigenvalue weighted by molar-refractivity contribution is 7.87. The number of hydrogen-bond acceptors (Lipinski definition) is 3. The fraction of sp³-hybridized carbons (Fsp3) is 0.562. The molecular weight excluding hydrogens is 304 g/mol. The normalized spacial score (nSPS) is 14.5. The molecule has 22 heavy (non-hydrogen) atoms. The number of unbranched alkanes of at least 4 members (excludes halogenated alkanes) is 5. The Labute approximate surface area is 132 Å². The minimum Gasteiger partial charge on any atom is -0.480 e. The molecule has 0 aliphatic carbocycles. The van der Waals surface area contributed by atoms with Crippen LogP contribution in [0.2, 0.25) is 0 Å². The van der Waals surface area contributed by atoms with Crippen molar-refractivity contribution in [2.24, 2.45) is 0 Å². The number of rotatable bonds is 10. The molecule has 1 unspecified atom stereocenters. The van der Waals surface area contributed by atoms with Gasteiger partial charge in [-0.1, -0.05) is 75.8 Å². The van der Waals surface area contributed by atoms with Crippen molar-refractivity contribution in [1.29, 1.82) is 0 Å². The number of carboxylic acid groups (broad SMARTS) is 1. The Morgan fingerprint density at radius 2 is 1.59 bits per heavy atom. The second-order valence-electron chi connectivity index (χ2n) is 5.49. The van der Waals surface area contributed by atoms with Gasteiger partial charge in [0.1, 0.15) is 0 Å². The molecule has 0 spiro atoms. The van der Waals surface area contributed by atoms with Crippen LogP contribution in [0.25, 0.3) is 0 Å². The fourth-order valence-corrected chi connectivity index (χ4v) is 3.68. The highest BCUT2D eigenvalue weighted by Gasteiger charge is 2.51. The van der Waals surface area contributed by atoms with Crippen molar-refractivity contribution in [2.75, 3.05) is 0 Å². The Bertz CT molecular complexity index is 567. The van der Waals surface area contributed by atoms with E-state index >= 15 is 0 Å². The molecule has 0 saturated heterocycles. The fourth-order valence-electron chi connectivity index (χ4n) is 2.62. The maximum atomic E-state index is 11.8. The van der Waals surface area contributed by atoms with E-state index in [0.29, 0.717) is 6.42 Å². The van der Waals surface area contributed by atoms with Gasteiger partial charge in [0.25, 0.3) is 10.1 Å². The molecule has 0 aliphatic heterocycles. The third kappa shape index (κ3) is 4.30. The van der Waals surface area contributed by atoms with Crippen LogP contribution in [-0.2, 0) is 19.7 Å². The van der Waals surface area contributed by atoms with E-state index in [1.165, 1.54) is 12.1 Å². The van der Waals surface area contributed by atoms with Gasteiger partial charge in [-0.15, -0.1) is 0 Å². The molecule has 1 rings (SSSR count). The van der Waals surface area contributed by atoms with Crippen LogP contribution in [0, 0.1) is 0 Å². The first-order chi connectivity index (χ1) is 10.4. The summed E-state index contributed by atoms with van der Waals surface area (Å²) in [6, 6.07) is 7.67. The summed E-state index contributed by atoms with van der Waals surface area (Å²) < 4.78 is 31.0. The first-order valence-electron chi connectivity index (χ1n) is 7.62. The molecule has 1 atom stereocenters. The summed E-state index contributed by atoms with van der Waals surface area (Å²) in [5, 5.41) is 9.51. The molecule has 0 amide bonds. The van der Waals surface area contributed by atoms with E-state index in [-0.39, 0.29) is 12.0 Å². The van der Waals surface area contributed by atoms with E-state index in [0.717, 1.165) is 32.1 Å². The zero-order chi connectivity index (χ0) is 16.6. The van der Waals surface area contributed by atoms with Crippen LogP contribution in [0.5, 0.6) is 0 Å². The van der Waals surface area contributed by atoms with Gasteiger partial charge in [-0.3, -0.25) is 9.35 Å². The Hall–Kier alpha value is -1.40. The Morgan fingerprint density at radius 1 is 1.05 bits per heavy atom. The zero-order valence-corrected chi connectivity index (χ0v) is 13.7. The lowest BCUT2D eigenvalue weighted by molar-refractivity contribution is -0.140. The van der Waals surface area contributed by atoms with Crippen molar-refractivity contribution in [3.8, 4) is 0 Å². The molecular formula is C16H24O5S. The van der Waals surface area contributed by atoms with E-state index in [4.69, 9.17) is 0 Å². The van der Waals surface area contributed by atoms with Crippen LogP contribution in [0.4, 0.5) is 0 Å². The van der Waals surface area contributed by atoms with E-state index in [1.807, 2.05) is 0 Å². The lowest BCUT2D eigenvalue weighted by Gasteiger charge is -2.26. The second kappa shape index (κ2) is 8.29. The van der Waals surface area contributed by atoms with E-state index in [1.54, 1.807) is 18.2 Å². The largest absolute Gasteiger partial charge is 0.480 e. The molecule has 2 N–H and O–H groups in total. The molecule has 0 fully saturated rings. The van der Waals surface area contributed by atoms with Gasteiger partial charge in [0.2, 0.25) is 4.75 Å². The molecule has 5 nitrogen and oxygen atoms in total. The van der Waals surface area contributed by atoms with Crippen LogP contribution >= 0.6 is 0 Å². The van der Waals surface area contributed by atoms with Gasteiger partial charge in [0, 0.05) is 0 Å². The van der Waals surface area contributed by atoms with Crippen molar-refractivity contribution >= 4 is 16.1 Å².